The molecule has 0 radical (unpaired) electrons. The van der Waals surface area contributed by atoms with Crippen LogP contribution in [0.4, 0.5) is 5.82 Å². The summed E-state index contributed by atoms with van der Waals surface area (Å²) in [5.74, 6) is 0.526. The van der Waals surface area contributed by atoms with Crippen LogP contribution in [0.5, 0.6) is 0 Å². The van der Waals surface area contributed by atoms with E-state index in [2.05, 4.69) is 10.3 Å². The standard InChI is InChI=1S/C9H15N3O/c1-7(11-4-5-13)8-2-3-9(10)12-6-8/h2-3,6-7,11,13H,4-5H2,1H3,(H2,10,12). The molecule has 1 unspecified atom stereocenters. The summed E-state index contributed by atoms with van der Waals surface area (Å²) >= 11 is 0. The number of anilines is 1. The molecule has 0 aliphatic rings. The van der Waals surface area contributed by atoms with Gasteiger partial charge in [-0.2, -0.15) is 0 Å². The van der Waals surface area contributed by atoms with Gasteiger partial charge in [0.25, 0.3) is 0 Å². The number of nitrogen functional groups attached to an aromatic ring is 1. The number of nitrogens with zero attached hydrogens (tertiary/aromatic N) is 1. The van der Waals surface area contributed by atoms with Crippen molar-refractivity contribution < 1.29 is 5.11 Å². The minimum Gasteiger partial charge on any atom is -0.395 e. The smallest absolute Gasteiger partial charge is 0.123 e. The Morgan fingerprint density at radius 1 is 1.62 bits per heavy atom. The second kappa shape index (κ2) is 4.79. The fourth-order valence-corrected chi connectivity index (χ4v) is 1.07. The molecule has 1 aromatic rings. The van der Waals surface area contributed by atoms with Gasteiger partial charge < -0.3 is 16.2 Å². The zero-order valence-electron chi connectivity index (χ0n) is 7.70. The Morgan fingerprint density at radius 3 is 2.92 bits per heavy atom. The number of aliphatic hydroxyl groups is 1. The average Bonchev–Trinajstić information content (AvgIpc) is 2.15. The number of nitrogens with one attached hydrogen (secondary N) is 1. The minimum atomic E-state index is 0.146. The molecular weight excluding hydrogens is 166 g/mol. The van der Waals surface area contributed by atoms with E-state index in [4.69, 9.17) is 10.8 Å². The summed E-state index contributed by atoms with van der Waals surface area (Å²) < 4.78 is 0. The number of aliphatic hydroxyl groups excluding tert-OH is 1. The van der Waals surface area contributed by atoms with E-state index < -0.39 is 0 Å². The van der Waals surface area contributed by atoms with Crippen LogP contribution in [-0.4, -0.2) is 23.2 Å². The molecule has 1 rings (SSSR count). The molecule has 4 heteroatoms. The number of rotatable bonds is 4. The Morgan fingerprint density at radius 2 is 2.38 bits per heavy atom. The first-order chi connectivity index (χ1) is 6.24. The molecule has 0 aliphatic carbocycles. The quantitative estimate of drug-likeness (QED) is 0.625. The fourth-order valence-electron chi connectivity index (χ4n) is 1.07. The number of aromatic nitrogens is 1. The van der Waals surface area contributed by atoms with Crippen molar-refractivity contribution in [3.05, 3.63) is 23.9 Å². The Kier molecular flexibility index (Phi) is 3.67. The topological polar surface area (TPSA) is 71.2 Å². The minimum absolute atomic E-state index is 0.146. The van der Waals surface area contributed by atoms with Gasteiger partial charge in [0.2, 0.25) is 0 Å². The first-order valence-corrected chi connectivity index (χ1v) is 4.29. The van der Waals surface area contributed by atoms with Crippen LogP contribution in [0.15, 0.2) is 18.3 Å². The zero-order valence-corrected chi connectivity index (χ0v) is 7.70. The van der Waals surface area contributed by atoms with Gasteiger partial charge in [-0.3, -0.25) is 0 Å². The van der Waals surface area contributed by atoms with Crippen LogP contribution in [0.3, 0.4) is 0 Å². The van der Waals surface area contributed by atoms with E-state index in [1.165, 1.54) is 0 Å². The lowest BCUT2D eigenvalue weighted by Gasteiger charge is -2.12. The van der Waals surface area contributed by atoms with Crippen LogP contribution in [0.1, 0.15) is 18.5 Å². The van der Waals surface area contributed by atoms with Crippen molar-refractivity contribution in [3.63, 3.8) is 0 Å². The molecule has 0 bridgehead atoms. The molecule has 4 nitrogen and oxygen atoms in total. The highest BCUT2D eigenvalue weighted by Crippen LogP contribution is 2.11. The van der Waals surface area contributed by atoms with Gasteiger partial charge in [0.1, 0.15) is 5.82 Å². The van der Waals surface area contributed by atoms with Crippen molar-refractivity contribution in [2.24, 2.45) is 0 Å². The first-order valence-electron chi connectivity index (χ1n) is 4.29. The Bertz CT molecular complexity index is 248. The van der Waals surface area contributed by atoms with Crippen molar-refractivity contribution in [1.82, 2.24) is 10.3 Å². The Balaban J connectivity index is 2.55. The van der Waals surface area contributed by atoms with Crippen molar-refractivity contribution >= 4 is 5.82 Å². The summed E-state index contributed by atoms with van der Waals surface area (Å²) in [5.41, 5.74) is 6.53. The van der Waals surface area contributed by atoms with E-state index in [0.29, 0.717) is 12.4 Å². The predicted octanol–water partition coefficient (Wildman–Crippen LogP) is 0.307. The van der Waals surface area contributed by atoms with Gasteiger partial charge in [0.05, 0.1) is 6.61 Å². The van der Waals surface area contributed by atoms with E-state index >= 15 is 0 Å². The van der Waals surface area contributed by atoms with Gasteiger partial charge in [-0.25, -0.2) is 4.98 Å². The predicted molar refractivity (Wildman–Crippen MR) is 52.2 cm³/mol. The van der Waals surface area contributed by atoms with Crippen LogP contribution in [-0.2, 0) is 0 Å². The molecule has 13 heavy (non-hydrogen) atoms. The van der Waals surface area contributed by atoms with Crippen LogP contribution >= 0.6 is 0 Å². The van der Waals surface area contributed by atoms with Gasteiger partial charge in [-0.1, -0.05) is 6.07 Å². The van der Waals surface area contributed by atoms with Crippen LogP contribution in [0.2, 0.25) is 0 Å². The molecule has 0 saturated carbocycles. The molecule has 4 N–H and O–H groups in total. The largest absolute Gasteiger partial charge is 0.395 e. The maximum absolute atomic E-state index is 8.61. The highest BCUT2D eigenvalue weighted by molar-refractivity contribution is 5.30. The average molecular weight is 181 g/mol. The molecule has 72 valence electrons. The van der Waals surface area contributed by atoms with E-state index in [0.717, 1.165) is 5.56 Å². The van der Waals surface area contributed by atoms with Crippen LogP contribution in [0, 0.1) is 0 Å². The van der Waals surface area contributed by atoms with Gasteiger partial charge in [0.15, 0.2) is 0 Å². The van der Waals surface area contributed by atoms with E-state index in [1.807, 2.05) is 13.0 Å². The Labute approximate surface area is 77.8 Å². The molecule has 0 amide bonds. The van der Waals surface area contributed by atoms with E-state index in [9.17, 15) is 0 Å². The van der Waals surface area contributed by atoms with E-state index in [1.54, 1.807) is 12.3 Å². The van der Waals surface area contributed by atoms with Crippen molar-refractivity contribution in [1.29, 1.82) is 0 Å². The molecule has 1 aromatic heterocycles. The molecule has 1 heterocycles. The number of nitrogens with two attached hydrogens (primary N) is 1. The first kappa shape index (κ1) is 9.95. The van der Waals surface area contributed by atoms with Crippen molar-refractivity contribution in [3.8, 4) is 0 Å². The monoisotopic (exact) mass is 181 g/mol. The number of pyridine rings is 1. The summed E-state index contributed by atoms with van der Waals surface area (Å²) in [6.45, 7) is 2.75. The maximum atomic E-state index is 8.61. The Hall–Kier alpha value is -1.13. The summed E-state index contributed by atoms with van der Waals surface area (Å²) in [7, 11) is 0. The third-order valence-electron chi connectivity index (χ3n) is 1.87. The fraction of sp³-hybridized carbons (Fsp3) is 0.444. The molecule has 0 aliphatic heterocycles. The normalized spacial score (nSPS) is 12.8. The zero-order chi connectivity index (χ0) is 9.68. The second-order valence-corrected chi connectivity index (χ2v) is 2.92. The summed E-state index contributed by atoms with van der Waals surface area (Å²) in [4.78, 5) is 3.98. The lowest BCUT2D eigenvalue weighted by Crippen LogP contribution is -2.22. The van der Waals surface area contributed by atoms with E-state index in [-0.39, 0.29) is 12.6 Å². The number of hydrogen-bond donors (Lipinski definition) is 3. The third kappa shape index (κ3) is 3.01. The summed E-state index contributed by atoms with van der Waals surface area (Å²) in [6.07, 6.45) is 1.74. The molecule has 1 atom stereocenters. The van der Waals surface area contributed by atoms with Crippen molar-refractivity contribution in [2.45, 2.75) is 13.0 Å². The molecule has 0 spiro atoms. The highest BCUT2D eigenvalue weighted by Gasteiger charge is 2.03. The lowest BCUT2D eigenvalue weighted by atomic mass is 10.1. The van der Waals surface area contributed by atoms with Crippen molar-refractivity contribution in [2.75, 3.05) is 18.9 Å². The molecule has 0 fully saturated rings. The third-order valence-corrected chi connectivity index (χ3v) is 1.87. The van der Waals surface area contributed by atoms with Gasteiger partial charge in [-0.05, 0) is 18.6 Å². The molecular formula is C9H15N3O. The number of hydrogen-bond acceptors (Lipinski definition) is 4. The van der Waals surface area contributed by atoms with Gasteiger partial charge in [-0.15, -0.1) is 0 Å². The van der Waals surface area contributed by atoms with Gasteiger partial charge in [0, 0.05) is 18.8 Å². The summed E-state index contributed by atoms with van der Waals surface area (Å²) in [5, 5.41) is 11.7. The van der Waals surface area contributed by atoms with Gasteiger partial charge >= 0.3 is 0 Å². The van der Waals surface area contributed by atoms with Crippen LogP contribution in [0.25, 0.3) is 0 Å². The maximum Gasteiger partial charge on any atom is 0.123 e. The SMILES string of the molecule is CC(NCCO)c1ccc(N)nc1. The highest BCUT2D eigenvalue weighted by atomic mass is 16.3. The lowest BCUT2D eigenvalue weighted by molar-refractivity contribution is 0.286. The molecule has 0 aromatic carbocycles. The van der Waals surface area contributed by atoms with Crippen LogP contribution < -0.4 is 11.1 Å². The molecule has 0 saturated heterocycles. The second-order valence-electron chi connectivity index (χ2n) is 2.92. The summed E-state index contributed by atoms with van der Waals surface area (Å²) in [6, 6.07) is 3.89.